The van der Waals surface area contributed by atoms with Gasteiger partial charge in [-0.2, -0.15) is 0 Å². The van der Waals surface area contributed by atoms with E-state index < -0.39 is 7.12 Å². The first kappa shape index (κ1) is 16.2. The molecular formula is C17H18BN3O3. The quantitative estimate of drug-likeness (QED) is 0.681. The Bertz CT molecular complexity index is 840. The Morgan fingerprint density at radius 2 is 1.83 bits per heavy atom. The molecule has 7 heteroatoms. The molecule has 0 bridgehead atoms. The SMILES string of the molecule is COc1ccc(CN(C)c2cc3ncc(B(O)O)cc3cn2)cc1. The van der Waals surface area contributed by atoms with Crippen LogP contribution < -0.4 is 15.1 Å². The number of anilines is 1. The van der Waals surface area contributed by atoms with Crippen molar-refractivity contribution < 1.29 is 14.8 Å². The van der Waals surface area contributed by atoms with Crippen molar-refractivity contribution in [2.45, 2.75) is 6.54 Å². The van der Waals surface area contributed by atoms with E-state index in [0.717, 1.165) is 28.0 Å². The van der Waals surface area contributed by atoms with E-state index in [-0.39, 0.29) is 0 Å². The summed E-state index contributed by atoms with van der Waals surface area (Å²) in [5.74, 6) is 1.62. The van der Waals surface area contributed by atoms with E-state index in [1.54, 1.807) is 19.4 Å². The molecule has 0 saturated heterocycles. The van der Waals surface area contributed by atoms with E-state index in [1.165, 1.54) is 6.20 Å². The molecule has 6 nitrogen and oxygen atoms in total. The molecule has 0 aliphatic carbocycles. The van der Waals surface area contributed by atoms with E-state index in [4.69, 9.17) is 4.74 Å². The van der Waals surface area contributed by atoms with Crippen molar-refractivity contribution in [3.05, 3.63) is 54.4 Å². The number of benzene rings is 1. The van der Waals surface area contributed by atoms with Crippen LogP contribution in [0.3, 0.4) is 0 Å². The van der Waals surface area contributed by atoms with Crippen molar-refractivity contribution >= 4 is 29.3 Å². The fourth-order valence-electron chi connectivity index (χ4n) is 2.46. The highest BCUT2D eigenvalue weighted by molar-refractivity contribution is 6.58. The van der Waals surface area contributed by atoms with Crippen LogP contribution >= 0.6 is 0 Å². The van der Waals surface area contributed by atoms with Gasteiger partial charge in [0.25, 0.3) is 0 Å². The second kappa shape index (κ2) is 6.86. The number of rotatable bonds is 5. The summed E-state index contributed by atoms with van der Waals surface area (Å²) >= 11 is 0. The Balaban J connectivity index is 1.81. The molecule has 0 amide bonds. The van der Waals surface area contributed by atoms with E-state index >= 15 is 0 Å². The highest BCUT2D eigenvalue weighted by Crippen LogP contribution is 2.19. The van der Waals surface area contributed by atoms with Crippen LogP contribution in [-0.4, -0.2) is 41.3 Å². The Morgan fingerprint density at radius 1 is 1.08 bits per heavy atom. The molecule has 0 aliphatic rings. The second-order valence-electron chi connectivity index (χ2n) is 5.58. The maximum Gasteiger partial charge on any atom is 0.490 e. The Kier molecular flexibility index (Phi) is 4.64. The van der Waals surface area contributed by atoms with Crippen LogP contribution in [0.1, 0.15) is 5.56 Å². The van der Waals surface area contributed by atoms with Gasteiger partial charge in [-0.3, -0.25) is 4.98 Å². The van der Waals surface area contributed by atoms with Gasteiger partial charge in [-0.25, -0.2) is 4.98 Å². The lowest BCUT2D eigenvalue weighted by Crippen LogP contribution is -2.30. The smallest absolute Gasteiger partial charge is 0.490 e. The van der Waals surface area contributed by atoms with Crippen LogP contribution in [0.4, 0.5) is 5.82 Å². The van der Waals surface area contributed by atoms with Crippen molar-refractivity contribution in [1.82, 2.24) is 9.97 Å². The molecule has 0 saturated carbocycles. The molecule has 0 spiro atoms. The number of hydrogen-bond acceptors (Lipinski definition) is 6. The number of aromatic nitrogens is 2. The summed E-state index contributed by atoms with van der Waals surface area (Å²) in [4.78, 5) is 10.7. The molecule has 0 unspecified atom stereocenters. The number of hydrogen-bond donors (Lipinski definition) is 2. The summed E-state index contributed by atoms with van der Waals surface area (Å²) < 4.78 is 5.16. The highest BCUT2D eigenvalue weighted by atomic mass is 16.5. The summed E-state index contributed by atoms with van der Waals surface area (Å²) in [5.41, 5.74) is 2.25. The lowest BCUT2D eigenvalue weighted by Gasteiger charge is -2.18. The Labute approximate surface area is 140 Å². The third-order valence-corrected chi connectivity index (χ3v) is 3.84. The van der Waals surface area contributed by atoms with Gasteiger partial charge in [0.05, 0.1) is 12.6 Å². The van der Waals surface area contributed by atoms with Crippen molar-refractivity contribution in [2.75, 3.05) is 19.1 Å². The molecule has 0 radical (unpaired) electrons. The molecule has 24 heavy (non-hydrogen) atoms. The summed E-state index contributed by atoms with van der Waals surface area (Å²) in [5, 5.41) is 19.2. The molecule has 2 N–H and O–H groups in total. The number of fused-ring (bicyclic) bond motifs is 1. The third-order valence-electron chi connectivity index (χ3n) is 3.84. The zero-order chi connectivity index (χ0) is 17.1. The first-order valence-corrected chi connectivity index (χ1v) is 7.53. The van der Waals surface area contributed by atoms with Gasteiger partial charge in [0, 0.05) is 42.9 Å². The van der Waals surface area contributed by atoms with Gasteiger partial charge in [-0.15, -0.1) is 0 Å². The number of pyridine rings is 2. The fraction of sp³-hybridized carbons (Fsp3) is 0.176. The van der Waals surface area contributed by atoms with Crippen LogP contribution in [0, 0.1) is 0 Å². The van der Waals surface area contributed by atoms with Crippen LogP contribution in [0.2, 0.25) is 0 Å². The maximum absolute atomic E-state index is 9.21. The van der Waals surface area contributed by atoms with E-state index in [9.17, 15) is 10.0 Å². The topological polar surface area (TPSA) is 78.7 Å². The maximum atomic E-state index is 9.21. The van der Waals surface area contributed by atoms with Crippen molar-refractivity contribution in [3.8, 4) is 5.75 Å². The predicted octanol–water partition coefficient (Wildman–Crippen LogP) is 0.955. The average Bonchev–Trinajstić information content (AvgIpc) is 2.61. The molecular weight excluding hydrogens is 305 g/mol. The molecule has 0 fully saturated rings. The van der Waals surface area contributed by atoms with Gasteiger partial charge in [0.15, 0.2) is 0 Å². The second-order valence-corrected chi connectivity index (χ2v) is 5.58. The fourth-order valence-corrected chi connectivity index (χ4v) is 2.46. The van der Waals surface area contributed by atoms with Crippen LogP contribution in [-0.2, 0) is 6.54 Å². The predicted molar refractivity (Wildman–Crippen MR) is 94.5 cm³/mol. The van der Waals surface area contributed by atoms with Crippen molar-refractivity contribution in [1.29, 1.82) is 0 Å². The molecule has 0 aliphatic heterocycles. The number of ether oxygens (including phenoxy) is 1. The molecule has 2 aromatic heterocycles. The van der Waals surface area contributed by atoms with Crippen LogP contribution in [0.15, 0.2) is 48.8 Å². The average molecular weight is 323 g/mol. The zero-order valence-electron chi connectivity index (χ0n) is 13.5. The van der Waals surface area contributed by atoms with Crippen LogP contribution in [0.25, 0.3) is 10.9 Å². The molecule has 0 atom stereocenters. The van der Waals surface area contributed by atoms with Crippen LogP contribution in [0.5, 0.6) is 5.75 Å². The van der Waals surface area contributed by atoms with E-state index in [1.807, 2.05) is 42.3 Å². The van der Waals surface area contributed by atoms with Gasteiger partial charge in [-0.1, -0.05) is 12.1 Å². The van der Waals surface area contributed by atoms with Crippen molar-refractivity contribution in [3.63, 3.8) is 0 Å². The van der Waals surface area contributed by atoms with Gasteiger partial charge in [0.2, 0.25) is 0 Å². The Morgan fingerprint density at radius 3 is 2.50 bits per heavy atom. The third kappa shape index (κ3) is 3.47. The lowest BCUT2D eigenvalue weighted by atomic mass is 9.81. The van der Waals surface area contributed by atoms with E-state index in [0.29, 0.717) is 12.0 Å². The highest BCUT2D eigenvalue weighted by Gasteiger charge is 2.13. The molecule has 122 valence electrons. The number of methoxy groups -OCH3 is 1. The number of nitrogens with zero attached hydrogens (tertiary/aromatic N) is 3. The standard InChI is InChI=1S/C17H18BN3O3/c1-21(11-12-3-5-15(24-2)6-4-12)17-8-16-13(9-20-17)7-14(10-19-16)18(22)23/h3-10,22-23H,11H2,1-2H3. The van der Waals surface area contributed by atoms with Gasteiger partial charge in [-0.05, 0) is 23.8 Å². The minimum Gasteiger partial charge on any atom is -0.497 e. The largest absolute Gasteiger partial charge is 0.497 e. The molecule has 1 aromatic carbocycles. The summed E-state index contributed by atoms with van der Waals surface area (Å²) in [6, 6.07) is 11.5. The van der Waals surface area contributed by atoms with Gasteiger partial charge in [0.1, 0.15) is 11.6 Å². The van der Waals surface area contributed by atoms with Gasteiger partial charge < -0.3 is 19.7 Å². The zero-order valence-corrected chi connectivity index (χ0v) is 13.5. The molecule has 2 heterocycles. The van der Waals surface area contributed by atoms with Gasteiger partial charge >= 0.3 is 7.12 Å². The minimum absolute atomic E-state index is 0.351. The summed E-state index contributed by atoms with van der Waals surface area (Å²) in [6.45, 7) is 0.704. The first-order valence-electron chi connectivity index (χ1n) is 7.53. The molecule has 3 rings (SSSR count). The summed E-state index contributed by atoms with van der Waals surface area (Å²) in [6.07, 6.45) is 3.15. The Hall–Kier alpha value is -2.64. The summed E-state index contributed by atoms with van der Waals surface area (Å²) in [7, 11) is 2.08. The molecule has 3 aromatic rings. The van der Waals surface area contributed by atoms with E-state index in [2.05, 4.69) is 9.97 Å². The monoisotopic (exact) mass is 323 g/mol. The minimum atomic E-state index is -1.53. The lowest BCUT2D eigenvalue weighted by molar-refractivity contribution is 0.414. The first-order chi connectivity index (χ1) is 11.6. The normalized spacial score (nSPS) is 10.7. The van der Waals surface area contributed by atoms with Crippen molar-refractivity contribution in [2.24, 2.45) is 0 Å².